The minimum Gasteiger partial charge on any atom is -0.440 e. The molecule has 0 bridgehead atoms. The van der Waals surface area contributed by atoms with E-state index in [-0.39, 0.29) is 11.5 Å². The Kier molecular flexibility index (Phi) is 3.89. The van der Waals surface area contributed by atoms with E-state index in [0.29, 0.717) is 23.5 Å². The first kappa shape index (κ1) is 15.3. The molecule has 1 aliphatic rings. The van der Waals surface area contributed by atoms with Crippen molar-refractivity contribution in [2.75, 3.05) is 13.1 Å². The Hall–Kier alpha value is -1.56. The highest BCUT2D eigenvalue weighted by atomic mass is 19.4. The van der Waals surface area contributed by atoms with Crippen LogP contribution in [0.4, 0.5) is 13.2 Å². The molecule has 3 rings (SSSR count). The molecule has 6 heteroatoms. The molecule has 2 heterocycles. The van der Waals surface area contributed by atoms with Gasteiger partial charge in [0.2, 0.25) is 0 Å². The summed E-state index contributed by atoms with van der Waals surface area (Å²) in [6.07, 6.45) is -2.22. The van der Waals surface area contributed by atoms with Crippen molar-refractivity contribution in [1.82, 2.24) is 9.88 Å². The lowest BCUT2D eigenvalue weighted by molar-refractivity contribution is -0.136. The average Bonchev–Trinajstić information content (AvgIpc) is 3.05. The van der Waals surface area contributed by atoms with Crippen LogP contribution < -0.4 is 0 Å². The Morgan fingerprint density at radius 3 is 2.50 bits per heavy atom. The first-order valence-electron chi connectivity index (χ1n) is 7.57. The maximum Gasteiger partial charge on any atom is 0.420 e. The number of nitrogens with zero attached hydrogens (tertiary/aromatic N) is 2. The zero-order chi connectivity index (χ0) is 15.9. The highest BCUT2D eigenvalue weighted by Crippen LogP contribution is 2.37. The van der Waals surface area contributed by atoms with E-state index >= 15 is 0 Å². The Morgan fingerprint density at radius 2 is 1.91 bits per heavy atom. The van der Waals surface area contributed by atoms with Gasteiger partial charge in [0.25, 0.3) is 0 Å². The number of fused-ring (bicyclic) bond motifs is 1. The monoisotopic (exact) mass is 312 g/mol. The predicted molar refractivity (Wildman–Crippen MR) is 77.6 cm³/mol. The Labute approximate surface area is 127 Å². The fourth-order valence-corrected chi connectivity index (χ4v) is 2.86. The van der Waals surface area contributed by atoms with Gasteiger partial charge in [0.15, 0.2) is 11.5 Å². The summed E-state index contributed by atoms with van der Waals surface area (Å²) in [5.41, 5.74) is 0.0676. The quantitative estimate of drug-likeness (QED) is 0.831. The standard InChI is InChI=1S/C16H19F3N2O/c1-10(2)15-20-13-8-11(9-21-5-3-4-6-21)7-12(14(13)22-15)16(17,18)19/h7-8,10H,3-6,9H2,1-2H3. The summed E-state index contributed by atoms with van der Waals surface area (Å²) < 4.78 is 45.3. The zero-order valence-electron chi connectivity index (χ0n) is 12.7. The van der Waals surface area contributed by atoms with Crippen LogP contribution in [0.25, 0.3) is 11.1 Å². The van der Waals surface area contributed by atoms with Crippen LogP contribution in [0.2, 0.25) is 0 Å². The highest BCUT2D eigenvalue weighted by Gasteiger charge is 2.35. The molecule has 1 saturated heterocycles. The van der Waals surface area contributed by atoms with Crippen LogP contribution >= 0.6 is 0 Å². The van der Waals surface area contributed by atoms with Crippen LogP contribution in [-0.4, -0.2) is 23.0 Å². The van der Waals surface area contributed by atoms with Crippen molar-refractivity contribution >= 4 is 11.1 Å². The molecule has 1 fully saturated rings. The van der Waals surface area contributed by atoms with Crippen molar-refractivity contribution in [3.8, 4) is 0 Å². The predicted octanol–water partition coefficient (Wildman–Crippen LogP) is 4.57. The van der Waals surface area contributed by atoms with E-state index in [4.69, 9.17) is 4.42 Å². The molecule has 1 aromatic carbocycles. The smallest absolute Gasteiger partial charge is 0.420 e. The summed E-state index contributed by atoms with van der Waals surface area (Å²) in [5.74, 6) is 0.300. The average molecular weight is 312 g/mol. The second kappa shape index (κ2) is 5.57. The zero-order valence-corrected chi connectivity index (χ0v) is 12.7. The number of halogens is 3. The third kappa shape index (κ3) is 2.97. The van der Waals surface area contributed by atoms with Gasteiger partial charge in [0.05, 0.1) is 0 Å². The molecule has 0 saturated carbocycles. The topological polar surface area (TPSA) is 29.3 Å². The van der Waals surface area contributed by atoms with Gasteiger partial charge in [0, 0.05) is 12.5 Å². The summed E-state index contributed by atoms with van der Waals surface area (Å²) >= 11 is 0. The minimum absolute atomic E-state index is 0.0458. The summed E-state index contributed by atoms with van der Waals surface area (Å²) in [4.78, 5) is 6.41. The van der Waals surface area contributed by atoms with Gasteiger partial charge >= 0.3 is 6.18 Å². The summed E-state index contributed by atoms with van der Waals surface area (Å²) in [6.45, 7) is 6.11. The van der Waals surface area contributed by atoms with E-state index in [0.717, 1.165) is 25.9 Å². The summed E-state index contributed by atoms with van der Waals surface area (Å²) in [7, 11) is 0. The van der Waals surface area contributed by atoms with Gasteiger partial charge in [-0.2, -0.15) is 13.2 Å². The second-order valence-corrected chi connectivity index (χ2v) is 6.18. The lowest BCUT2D eigenvalue weighted by Gasteiger charge is -2.16. The molecule has 0 amide bonds. The molecule has 1 aromatic heterocycles. The second-order valence-electron chi connectivity index (χ2n) is 6.18. The Balaban J connectivity index is 2.06. The fraction of sp³-hybridized carbons (Fsp3) is 0.562. The summed E-state index contributed by atoms with van der Waals surface area (Å²) in [5, 5.41) is 0. The van der Waals surface area contributed by atoms with Crippen molar-refractivity contribution in [3.05, 3.63) is 29.2 Å². The van der Waals surface area contributed by atoms with Crippen molar-refractivity contribution < 1.29 is 17.6 Å². The van der Waals surface area contributed by atoms with Gasteiger partial charge in [-0.25, -0.2) is 4.98 Å². The van der Waals surface area contributed by atoms with E-state index in [9.17, 15) is 13.2 Å². The molecule has 0 radical (unpaired) electrons. The van der Waals surface area contributed by atoms with Gasteiger partial charge in [0.1, 0.15) is 11.1 Å². The normalized spacial score (nSPS) is 17.0. The molecular formula is C16H19F3N2O. The van der Waals surface area contributed by atoms with E-state index < -0.39 is 11.7 Å². The molecule has 0 atom stereocenters. The number of aromatic nitrogens is 1. The first-order valence-corrected chi connectivity index (χ1v) is 7.57. The van der Waals surface area contributed by atoms with Gasteiger partial charge < -0.3 is 4.42 Å². The highest BCUT2D eigenvalue weighted by molar-refractivity contribution is 5.78. The van der Waals surface area contributed by atoms with Crippen LogP contribution in [0.3, 0.4) is 0 Å². The van der Waals surface area contributed by atoms with Crippen molar-refractivity contribution in [1.29, 1.82) is 0 Å². The molecule has 120 valence electrons. The van der Waals surface area contributed by atoms with E-state index in [1.165, 1.54) is 6.07 Å². The number of oxazole rings is 1. The number of benzene rings is 1. The third-order valence-corrected chi connectivity index (χ3v) is 3.97. The number of alkyl halides is 3. The minimum atomic E-state index is -4.44. The van der Waals surface area contributed by atoms with E-state index in [1.807, 2.05) is 13.8 Å². The Bertz CT molecular complexity index is 670. The van der Waals surface area contributed by atoms with Crippen molar-refractivity contribution in [3.63, 3.8) is 0 Å². The van der Waals surface area contributed by atoms with E-state index in [2.05, 4.69) is 9.88 Å². The number of likely N-dealkylation sites (tertiary alicyclic amines) is 1. The van der Waals surface area contributed by atoms with Crippen LogP contribution in [0, 0.1) is 0 Å². The lowest BCUT2D eigenvalue weighted by atomic mass is 10.1. The molecular weight excluding hydrogens is 293 g/mol. The molecule has 3 nitrogen and oxygen atoms in total. The summed E-state index contributed by atoms with van der Waals surface area (Å²) in [6, 6.07) is 2.92. The fourth-order valence-electron chi connectivity index (χ4n) is 2.86. The maximum absolute atomic E-state index is 13.3. The molecule has 2 aromatic rings. The van der Waals surface area contributed by atoms with Crippen molar-refractivity contribution in [2.45, 2.75) is 45.3 Å². The first-order chi connectivity index (χ1) is 10.3. The SMILES string of the molecule is CC(C)c1nc2cc(CN3CCCC3)cc(C(F)(F)F)c2o1. The van der Waals surface area contributed by atoms with Crippen molar-refractivity contribution in [2.24, 2.45) is 0 Å². The Morgan fingerprint density at radius 1 is 1.23 bits per heavy atom. The van der Waals surface area contributed by atoms with Crippen LogP contribution in [-0.2, 0) is 12.7 Å². The van der Waals surface area contributed by atoms with Gasteiger partial charge in [-0.15, -0.1) is 0 Å². The largest absolute Gasteiger partial charge is 0.440 e. The molecule has 0 aliphatic carbocycles. The van der Waals surface area contributed by atoms with Gasteiger partial charge in [-0.05, 0) is 43.6 Å². The number of rotatable bonds is 3. The van der Waals surface area contributed by atoms with Gasteiger partial charge in [-0.1, -0.05) is 13.8 Å². The van der Waals surface area contributed by atoms with E-state index in [1.54, 1.807) is 6.07 Å². The van der Waals surface area contributed by atoms with Gasteiger partial charge in [-0.3, -0.25) is 4.90 Å². The molecule has 0 unspecified atom stereocenters. The maximum atomic E-state index is 13.3. The molecule has 1 aliphatic heterocycles. The molecule has 22 heavy (non-hydrogen) atoms. The number of hydrogen-bond donors (Lipinski definition) is 0. The van der Waals surface area contributed by atoms with Crippen LogP contribution in [0.5, 0.6) is 0 Å². The van der Waals surface area contributed by atoms with Crippen LogP contribution in [0.15, 0.2) is 16.5 Å². The third-order valence-electron chi connectivity index (χ3n) is 3.97. The number of hydrogen-bond acceptors (Lipinski definition) is 3. The van der Waals surface area contributed by atoms with Crippen LogP contribution in [0.1, 0.15) is 49.6 Å². The molecule has 0 N–H and O–H groups in total. The molecule has 0 spiro atoms. The lowest BCUT2D eigenvalue weighted by Crippen LogP contribution is -2.19.